The normalized spacial score (nSPS) is 11.3. The van der Waals surface area contributed by atoms with Crippen molar-refractivity contribution in [3.05, 3.63) is 56.4 Å². The van der Waals surface area contributed by atoms with E-state index in [-0.39, 0.29) is 0 Å². The van der Waals surface area contributed by atoms with Gasteiger partial charge in [0.2, 0.25) is 0 Å². The number of thiophene rings is 1. The molecule has 0 saturated heterocycles. The van der Waals surface area contributed by atoms with Crippen molar-refractivity contribution in [1.29, 1.82) is 0 Å². The maximum Gasteiger partial charge on any atom is 0.0705 e. The Kier molecular flexibility index (Phi) is 3.83. The van der Waals surface area contributed by atoms with Gasteiger partial charge >= 0.3 is 0 Å². The van der Waals surface area contributed by atoms with E-state index in [4.69, 9.17) is 11.6 Å². The van der Waals surface area contributed by atoms with E-state index in [1.54, 1.807) is 0 Å². The predicted molar refractivity (Wildman–Crippen MR) is 87.6 cm³/mol. The van der Waals surface area contributed by atoms with Crippen molar-refractivity contribution in [2.75, 3.05) is 0 Å². The molecule has 0 aliphatic rings. The maximum atomic E-state index is 6.40. The largest absolute Gasteiger partial charge is 0.356 e. The highest BCUT2D eigenvalue weighted by Gasteiger charge is 2.08. The van der Waals surface area contributed by atoms with E-state index < -0.39 is 0 Å². The van der Waals surface area contributed by atoms with Gasteiger partial charge in [0.15, 0.2) is 0 Å². The van der Waals surface area contributed by atoms with Crippen LogP contribution in [-0.2, 0) is 13.1 Å². The van der Waals surface area contributed by atoms with Crippen molar-refractivity contribution in [3.63, 3.8) is 0 Å². The van der Waals surface area contributed by atoms with Gasteiger partial charge in [-0.1, -0.05) is 29.8 Å². The molecular weight excluding hydrogens is 288 g/mol. The molecule has 20 heavy (non-hydrogen) atoms. The summed E-state index contributed by atoms with van der Waals surface area (Å²) in [4.78, 5) is 6.14. The Morgan fingerprint density at radius 1 is 1.20 bits per heavy atom. The number of hydrogen-bond acceptors (Lipinski definition) is 2. The molecule has 104 valence electrons. The van der Waals surface area contributed by atoms with Crippen LogP contribution in [0.4, 0.5) is 0 Å². The van der Waals surface area contributed by atoms with E-state index in [9.17, 15) is 0 Å². The van der Waals surface area contributed by atoms with Gasteiger partial charge in [-0.2, -0.15) is 0 Å². The van der Waals surface area contributed by atoms with Gasteiger partial charge < -0.3 is 10.3 Å². The summed E-state index contributed by atoms with van der Waals surface area (Å²) < 4.78 is 0. The first-order chi connectivity index (χ1) is 9.65. The van der Waals surface area contributed by atoms with Gasteiger partial charge in [0.1, 0.15) is 0 Å². The second kappa shape index (κ2) is 5.60. The van der Waals surface area contributed by atoms with Crippen molar-refractivity contribution in [2.24, 2.45) is 0 Å². The Morgan fingerprint density at radius 2 is 2.00 bits per heavy atom. The first-order valence-electron chi connectivity index (χ1n) is 6.67. The summed E-state index contributed by atoms with van der Waals surface area (Å²) >= 11 is 8.25. The lowest BCUT2D eigenvalue weighted by Gasteiger charge is -2.01. The van der Waals surface area contributed by atoms with Gasteiger partial charge in [-0.05, 0) is 31.5 Å². The molecule has 3 aromatic rings. The Hall–Kier alpha value is -1.29. The Balaban J connectivity index is 1.69. The number of hydrogen-bond donors (Lipinski definition) is 2. The number of H-pyrrole nitrogens is 1. The Labute approximate surface area is 127 Å². The average molecular weight is 305 g/mol. The summed E-state index contributed by atoms with van der Waals surface area (Å²) in [6.45, 7) is 5.95. The molecule has 2 nitrogen and oxygen atoms in total. The van der Waals surface area contributed by atoms with Crippen LogP contribution in [0.15, 0.2) is 30.3 Å². The average Bonchev–Trinajstić information content (AvgIpc) is 2.92. The molecule has 2 heterocycles. The summed E-state index contributed by atoms with van der Waals surface area (Å²) in [6.07, 6.45) is 0. The summed E-state index contributed by atoms with van der Waals surface area (Å²) in [5.41, 5.74) is 3.52. The third kappa shape index (κ3) is 2.62. The van der Waals surface area contributed by atoms with Crippen LogP contribution < -0.4 is 5.32 Å². The van der Waals surface area contributed by atoms with Crippen LogP contribution in [0.25, 0.3) is 10.9 Å². The first kappa shape index (κ1) is 13.7. The molecule has 0 fully saturated rings. The quantitative estimate of drug-likeness (QED) is 0.712. The summed E-state index contributed by atoms with van der Waals surface area (Å²) in [5.74, 6) is 0. The monoisotopic (exact) mass is 304 g/mol. The summed E-state index contributed by atoms with van der Waals surface area (Å²) in [5, 5.41) is 5.37. The molecule has 0 spiro atoms. The lowest BCUT2D eigenvalue weighted by atomic mass is 10.2. The van der Waals surface area contributed by atoms with Crippen molar-refractivity contribution >= 4 is 33.8 Å². The lowest BCUT2D eigenvalue weighted by molar-refractivity contribution is 0.690. The number of fused-ring (bicyclic) bond motifs is 1. The summed E-state index contributed by atoms with van der Waals surface area (Å²) in [6, 6.07) is 10.4. The molecule has 0 amide bonds. The third-order valence-corrected chi connectivity index (χ3v) is 5.12. The maximum absolute atomic E-state index is 6.40. The Morgan fingerprint density at radius 3 is 2.70 bits per heavy atom. The number of aryl methyl sites for hydroxylation is 2. The van der Waals surface area contributed by atoms with Crippen LogP contribution in [0.3, 0.4) is 0 Å². The van der Waals surface area contributed by atoms with Crippen molar-refractivity contribution in [3.8, 4) is 0 Å². The number of benzene rings is 1. The first-order valence-corrected chi connectivity index (χ1v) is 7.86. The lowest BCUT2D eigenvalue weighted by Crippen LogP contribution is -2.12. The SMILES string of the molecule is Cc1cc(CNCc2[nH]c3ccccc3c2Cl)sc1C. The molecule has 3 rings (SSSR count). The van der Waals surface area contributed by atoms with Gasteiger partial charge in [0.25, 0.3) is 0 Å². The second-order valence-corrected chi connectivity index (χ2v) is 6.74. The van der Waals surface area contributed by atoms with E-state index in [1.807, 2.05) is 29.5 Å². The molecular formula is C16H17ClN2S. The number of halogens is 1. The molecule has 0 atom stereocenters. The molecule has 0 saturated carbocycles. The van der Waals surface area contributed by atoms with Gasteiger partial charge in [-0.25, -0.2) is 0 Å². The van der Waals surface area contributed by atoms with Gasteiger partial charge in [0.05, 0.1) is 5.02 Å². The molecule has 0 radical (unpaired) electrons. The van der Waals surface area contributed by atoms with Crippen LogP contribution >= 0.6 is 22.9 Å². The van der Waals surface area contributed by atoms with Crippen molar-refractivity contribution in [1.82, 2.24) is 10.3 Å². The van der Waals surface area contributed by atoms with E-state index in [1.165, 1.54) is 15.3 Å². The van der Waals surface area contributed by atoms with E-state index >= 15 is 0 Å². The van der Waals surface area contributed by atoms with Crippen LogP contribution in [0, 0.1) is 13.8 Å². The number of para-hydroxylation sites is 1. The standard InChI is InChI=1S/C16H17ClN2S/c1-10-7-12(20-11(10)2)8-18-9-15-16(17)13-5-3-4-6-14(13)19-15/h3-7,18-19H,8-9H2,1-2H3. The highest BCUT2D eigenvalue weighted by Crippen LogP contribution is 2.27. The van der Waals surface area contributed by atoms with Crippen LogP contribution in [-0.4, -0.2) is 4.98 Å². The number of nitrogens with one attached hydrogen (secondary N) is 2. The third-order valence-electron chi connectivity index (χ3n) is 3.53. The zero-order valence-electron chi connectivity index (χ0n) is 11.6. The van der Waals surface area contributed by atoms with E-state index in [2.05, 4.69) is 36.3 Å². The minimum absolute atomic E-state index is 0.753. The van der Waals surface area contributed by atoms with Crippen LogP contribution in [0.5, 0.6) is 0 Å². The van der Waals surface area contributed by atoms with Gasteiger partial charge in [0, 0.05) is 39.4 Å². The van der Waals surface area contributed by atoms with Crippen molar-refractivity contribution in [2.45, 2.75) is 26.9 Å². The fourth-order valence-corrected chi connectivity index (χ4v) is 3.63. The second-order valence-electron chi connectivity index (χ2n) is 5.02. The van der Waals surface area contributed by atoms with Crippen molar-refractivity contribution < 1.29 is 0 Å². The molecule has 4 heteroatoms. The number of rotatable bonds is 4. The molecule has 2 aromatic heterocycles. The fourth-order valence-electron chi connectivity index (χ4n) is 2.33. The zero-order valence-corrected chi connectivity index (χ0v) is 13.2. The minimum atomic E-state index is 0.753. The van der Waals surface area contributed by atoms with Gasteiger partial charge in [-0.15, -0.1) is 11.3 Å². The van der Waals surface area contributed by atoms with Crippen LogP contribution in [0.2, 0.25) is 5.02 Å². The zero-order chi connectivity index (χ0) is 14.1. The smallest absolute Gasteiger partial charge is 0.0705 e. The molecule has 2 N–H and O–H groups in total. The van der Waals surface area contributed by atoms with E-state index in [0.717, 1.165) is 34.7 Å². The minimum Gasteiger partial charge on any atom is -0.356 e. The topological polar surface area (TPSA) is 27.8 Å². The van der Waals surface area contributed by atoms with Crippen LogP contribution in [0.1, 0.15) is 21.0 Å². The number of aromatic amines is 1. The molecule has 0 unspecified atom stereocenters. The molecule has 1 aromatic carbocycles. The Bertz CT molecular complexity index is 723. The molecule has 0 bridgehead atoms. The molecule has 0 aliphatic heterocycles. The summed E-state index contributed by atoms with van der Waals surface area (Å²) in [7, 11) is 0. The fraction of sp³-hybridized carbons (Fsp3) is 0.250. The predicted octanol–water partition coefficient (Wildman–Crippen LogP) is 4.79. The highest BCUT2D eigenvalue weighted by atomic mass is 35.5. The van der Waals surface area contributed by atoms with Gasteiger partial charge in [-0.3, -0.25) is 0 Å². The highest BCUT2D eigenvalue weighted by molar-refractivity contribution is 7.12. The molecule has 0 aliphatic carbocycles. The number of aromatic nitrogens is 1. The van der Waals surface area contributed by atoms with E-state index in [0.29, 0.717) is 0 Å².